The summed E-state index contributed by atoms with van der Waals surface area (Å²) in [4.78, 5) is 24.5. The third-order valence-electron chi connectivity index (χ3n) is 3.18. The Kier molecular flexibility index (Phi) is 3.31. The fraction of sp³-hybridized carbons (Fsp3) is 0.800. The van der Waals surface area contributed by atoms with Crippen molar-refractivity contribution in [3.05, 3.63) is 0 Å². The van der Waals surface area contributed by atoms with E-state index in [1.807, 2.05) is 16.7 Å². The Morgan fingerprint density at radius 2 is 1.93 bits per heavy atom. The molecule has 4 nitrogen and oxygen atoms in total. The molecule has 0 bridgehead atoms. The lowest BCUT2D eigenvalue weighted by atomic mass is 10.2. The van der Waals surface area contributed by atoms with E-state index in [1.165, 1.54) is 6.42 Å². The Hall–Kier alpha value is -0.550. The molecule has 1 N–H and O–H groups in total. The molecule has 2 aliphatic rings. The Morgan fingerprint density at radius 3 is 2.47 bits per heavy atom. The highest BCUT2D eigenvalue weighted by atomic mass is 32.2. The maximum atomic E-state index is 11.2. The van der Waals surface area contributed by atoms with Crippen LogP contribution in [0, 0.1) is 0 Å². The quantitative estimate of drug-likeness (QED) is 0.687. The third-order valence-corrected chi connectivity index (χ3v) is 4.27. The summed E-state index contributed by atoms with van der Waals surface area (Å²) >= 11 is 1.89. The van der Waals surface area contributed by atoms with Gasteiger partial charge in [-0.3, -0.25) is 19.8 Å². The van der Waals surface area contributed by atoms with Gasteiger partial charge in [-0.15, -0.1) is 0 Å². The van der Waals surface area contributed by atoms with Crippen molar-refractivity contribution < 1.29 is 9.59 Å². The van der Waals surface area contributed by atoms with Gasteiger partial charge in [0.05, 0.1) is 13.1 Å². The van der Waals surface area contributed by atoms with E-state index in [-0.39, 0.29) is 11.8 Å². The summed E-state index contributed by atoms with van der Waals surface area (Å²) < 4.78 is 0. The standard InChI is InChI=1S/C10H16N2O2S/c1-15-8-3-2-7(4-8)12-5-9(13)11-10(14)6-12/h7-8H,2-6H2,1H3,(H,11,13,14). The average molecular weight is 228 g/mol. The molecule has 0 spiro atoms. The van der Waals surface area contributed by atoms with Gasteiger partial charge < -0.3 is 0 Å². The van der Waals surface area contributed by atoms with Gasteiger partial charge >= 0.3 is 0 Å². The van der Waals surface area contributed by atoms with Gasteiger partial charge in [0.25, 0.3) is 0 Å². The predicted octanol–water partition coefficient (Wildman–Crippen LogP) is 0.229. The zero-order valence-corrected chi connectivity index (χ0v) is 9.68. The molecule has 2 amide bonds. The first-order valence-corrected chi connectivity index (χ1v) is 6.57. The number of hydrogen-bond donors (Lipinski definition) is 1. The summed E-state index contributed by atoms with van der Waals surface area (Å²) in [5, 5.41) is 3.04. The Morgan fingerprint density at radius 1 is 1.27 bits per heavy atom. The first-order valence-electron chi connectivity index (χ1n) is 5.28. The number of nitrogens with one attached hydrogen (secondary N) is 1. The first kappa shape index (κ1) is 11.0. The molecule has 2 fully saturated rings. The monoisotopic (exact) mass is 228 g/mol. The van der Waals surface area contributed by atoms with Gasteiger partial charge in [-0.2, -0.15) is 11.8 Å². The molecule has 0 aromatic heterocycles. The van der Waals surface area contributed by atoms with Gasteiger partial charge in [0, 0.05) is 11.3 Å². The predicted molar refractivity (Wildman–Crippen MR) is 59.7 cm³/mol. The second kappa shape index (κ2) is 4.53. The molecule has 2 atom stereocenters. The molecule has 1 saturated carbocycles. The van der Waals surface area contributed by atoms with E-state index in [0.29, 0.717) is 24.4 Å². The van der Waals surface area contributed by atoms with E-state index in [9.17, 15) is 9.59 Å². The van der Waals surface area contributed by atoms with E-state index in [0.717, 1.165) is 12.8 Å². The summed E-state index contributed by atoms with van der Waals surface area (Å²) in [6.45, 7) is 0.773. The van der Waals surface area contributed by atoms with E-state index in [4.69, 9.17) is 0 Å². The van der Waals surface area contributed by atoms with Gasteiger partial charge in [-0.25, -0.2) is 0 Å². The number of carbonyl (C=O) groups excluding carboxylic acids is 2. The molecule has 5 heteroatoms. The average Bonchev–Trinajstić information content (AvgIpc) is 2.64. The molecule has 1 aliphatic heterocycles. The highest BCUT2D eigenvalue weighted by Gasteiger charge is 2.33. The highest BCUT2D eigenvalue weighted by molar-refractivity contribution is 7.99. The SMILES string of the molecule is CSC1CCC(N2CC(=O)NC(=O)C2)C1. The van der Waals surface area contributed by atoms with Crippen LogP contribution in [-0.2, 0) is 9.59 Å². The molecule has 2 unspecified atom stereocenters. The lowest BCUT2D eigenvalue weighted by molar-refractivity contribution is -0.137. The third kappa shape index (κ3) is 2.52. The number of carbonyl (C=O) groups is 2. The second-order valence-electron chi connectivity index (χ2n) is 4.20. The molecule has 0 aromatic rings. The van der Waals surface area contributed by atoms with E-state index in [2.05, 4.69) is 11.6 Å². The molecule has 1 saturated heterocycles. The van der Waals surface area contributed by atoms with Gasteiger partial charge in [-0.1, -0.05) is 0 Å². The summed E-state index contributed by atoms with van der Waals surface area (Å²) in [7, 11) is 0. The van der Waals surface area contributed by atoms with Crippen LogP contribution in [0.25, 0.3) is 0 Å². The summed E-state index contributed by atoms with van der Waals surface area (Å²) in [6.07, 6.45) is 5.56. The van der Waals surface area contributed by atoms with Crippen molar-refractivity contribution in [3.8, 4) is 0 Å². The van der Waals surface area contributed by atoms with Crippen molar-refractivity contribution in [2.75, 3.05) is 19.3 Å². The first-order chi connectivity index (χ1) is 7.19. The number of imide groups is 1. The molecule has 0 radical (unpaired) electrons. The van der Waals surface area contributed by atoms with Gasteiger partial charge in [-0.05, 0) is 25.5 Å². The van der Waals surface area contributed by atoms with Crippen molar-refractivity contribution in [3.63, 3.8) is 0 Å². The molecular formula is C10H16N2O2S. The number of amides is 2. The van der Waals surface area contributed by atoms with Crippen molar-refractivity contribution in [1.82, 2.24) is 10.2 Å². The molecule has 84 valence electrons. The van der Waals surface area contributed by atoms with Crippen LogP contribution in [0.1, 0.15) is 19.3 Å². The van der Waals surface area contributed by atoms with Crippen molar-refractivity contribution >= 4 is 23.6 Å². The van der Waals surface area contributed by atoms with Crippen molar-refractivity contribution in [1.29, 1.82) is 0 Å². The van der Waals surface area contributed by atoms with E-state index in [1.54, 1.807) is 0 Å². The fourth-order valence-corrected chi connectivity index (χ4v) is 3.17. The van der Waals surface area contributed by atoms with E-state index >= 15 is 0 Å². The molecule has 1 heterocycles. The number of nitrogens with zero attached hydrogens (tertiary/aromatic N) is 1. The smallest absolute Gasteiger partial charge is 0.240 e. The van der Waals surface area contributed by atoms with Crippen LogP contribution in [-0.4, -0.2) is 47.4 Å². The van der Waals surface area contributed by atoms with Gasteiger partial charge in [0.15, 0.2) is 0 Å². The highest BCUT2D eigenvalue weighted by Crippen LogP contribution is 2.31. The number of piperazine rings is 1. The molecule has 0 aromatic carbocycles. The summed E-state index contributed by atoms with van der Waals surface area (Å²) in [6, 6.07) is 0.428. The van der Waals surface area contributed by atoms with Crippen LogP contribution in [0.4, 0.5) is 0 Å². The lowest BCUT2D eigenvalue weighted by Crippen LogP contribution is -2.54. The number of rotatable bonds is 2. The summed E-state index contributed by atoms with van der Waals surface area (Å²) in [5.74, 6) is -0.308. The zero-order chi connectivity index (χ0) is 10.8. The minimum Gasteiger partial charge on any atom is -0.294 e. The maximum absolute atomic E-state index is 11.2. The Bertz CT molecular complexity index is 267. The topological polar surface area (TPSA) is 49.4 Å². The van der Waals surface area contributed by atoms with Gasteiger partial charge in [0.2, 0.25) is 11.8 Å². The minimum atomic E-state index is -0.154. The van der Waals surface area contributed by atoms with Crippen molar-refractivity contribution in [2.45, 2.75) is 30.6 Å². The maximum Gasteiger partial charge on any atom is 0.240 e. The normalized spacial score (nSPS) is 33.1. The van der Waals surface area contributed by atoms with E-state index < -0.39 is 0 Å². The number of hydrogen-bond acceptors (Lipinski definition) is 4. The summed E-state index contributed by atoms with van der Waals surface area (Å²) in [5.41, 5.74) is 0. The molecule has 1 aliphatic carbocycles. The lowest BCUT2D eigenvalue weighted by Gasteiger charge is -2.30. The van der Waals surface area contributed by atoms with Crippen LogP contribution in [0.2, 0.25) is 0 Å². The minimum absolute atomic E-state index is 0.154. The molecular weight excluding hydrogens is 212 g/mol. The van der Waals surface area contributed by atoms with Crippen LogP contribution < -0.4 is 5.32 Å². The zero-order valence-electron chi connectivity index (χ0n) is 8.86. The largest absolute Gasteiger partial charge is 0.294 e. The second-order valence-corrected chi connectivity index (χ2v) is 5.34. The van der Waals surface area contributed by atoms with Crippen molar-refractivity contribution in [2.24, 2.45) is 0 Å². The van der Waals surface area contributed by atoms with Gasteiger partial charge in [0.1, 0.15) is 0 Å². The molecule has 2 rings (SSSR count). The van der Waals surface area contributed by atoms with Crippen LogP contribution in [0.15, 0.2) is 0 Å². The Labute approximate surface area is 93.8 Å². The van der Waals surface area contributed by atoms with Crippen LogP contribution >= 0.6 is 11.8 Å². The van der Waals surface area contributed by atoms with Crippen LogP contribution in [0.5, 0.6) is 0 Å². The fourth-order valence-electron chi connectivity index (χ4n) is 2.38. The Balaban J connectivity index is 1.93. The number of thioether (sulfide) groups is 1. The molecule has 15 heavy (non-hydrogen) atoms. The van der Waals surface area contributed by atoms with Crippen LogP contribution in [0.3, 0.4) is 0 Å².